The van der Waals surface area contributed by atoms with Gasteiger partial charge in [-0.15, -0.1) is 0 Å². The first kappa shape index (κ1) is 39.1. The third-order valence-electron chi connectivity index (χ3n) is 9.11. The lowest BCUT2D eigenvalue weighted by Gasteiger charge is -2.11. The molecular weight excluding hydrogens is 945 g/mol. The molecular formula is C37H9Br2F15N4. The molecule has 21 heteroatoms. The fourth-order valence-corrected chi connectivity index (χ4v) is 7.50. The molecule has 8 rings (SSSR count). The summed E-state index contributed by atoms with van der Waals surface area (Å²) in [5.41, 5.74) is -11.9. The third kappa shape index (κ3) is 5.48. The van der Waals surface area contributed by atoms with Crippen LogP contribution >= 0.6 is 31.9 Å². The lowest BCUT2D eigenvalue weighted by molar-refractivity contribution is 0.381. The van der Waals surface area contributed by atoms with E-state index in [1.54, 1.807) is 0 Å². The van der Waals surface area contributed by atoms with Crippen molar-refractivity contribution in [2.45, 2.75) is 0 Å². The van der Waals surface area contributed by atoms with Crippen LogP contribution in [0.3, 0.4) is 0 Å². The van der Waals surface area contributed by atoms with Gasteiger partial charge in [0.1, 0.15) is 0 Å². The van der Waals surface area contributed by atoms with Crippen LogP contribution in [0, 0.1) is 87.3 Å². The molecule has 5 heterocycles. The SMILES string of the molecule is Fc1c(F)c(F)c(-c2c3nc(c(-c4c(F)c(F)c(F)c(F)c4F)c4[nH]c(c(Br)c4Br)c4ccc([nH]4)c(-c4c(F)c(F)c(F)c(F)c4F)c4ccc2[nH]4)C=C3)c(F)c1F. The second kappa shape index (κ2) is 13.7. The average molecular weight is 954 g/mol. The predicted octanol–water partition coefficient (Wildman–Crippen LogP) is 13.3. The molecule has 3 aromatic carbocycles. The Bertz CT molecular complexity index is 3080. The molecule has 58 heavy (non-hydrogen) atoms. The van der Waals surface area contributed by atoms with Crippen LogP contribution in [-0.4, -0.2) is 19.9 Å². The molecule has 0 radical (unpaired) electrons. The van der Waals surface area contributed by atoms with Crippen molar-refractivity contribution >= 4 is 77.1 Å². The van der Waals surface area contributed by atoms with Gasteiger partial charge in [0, 0.05) is 33.2 Å². The normalized spacial score (nSPS) is 12.2. The van der Waals surface area contributed by atoms with Crippen molar-refractivity contribution in [1.29, 1.82) is 0 Å². The molecule has 0 aliphatic carbocycles. The van der Waals surface area contributed by atoms with Gasteiger partial charge in [-0.3, -0.25) is 0 Å². The molecule has 0 saturated carbocycles. The molecule has 8 bridgehead atoms. The molecule has 296 valence electrons. The zero-order chi connectivity index (χ0) is 42.0. The second-order valence-electron chi connectivity index (χ2n) is 12.2. The van der Waals surface area contributed by atoms with Gasteiger partial charge in [-0.25, -0.2) is 70.8 Å². The number of halogens is 17. The number of H-pyrrole nitrogens is 3. The van der Waals surface area contributed by atoms with Crippen LogP contribution in [0.5, 0.6) is 0 Å². The third-order valence-corrected chi connectivity index (χ3v) is 11.2. The minimum atomic E-state index is -2.61. The lowest BCUT2D eigenvalue weighted by Crippen LogP contribution is -2.05. The van der Waals surface area contributed by atoms with Crippen LogP contribution in [0.4, 0.5) is 65.9 Å². The number of aromatic nitrogens is 4. The molecule has 0 spiro atoms. The number of nitrogens with one attached hydrogen (secondary N) is 3. The molecule has 1 aliphatic heterocycles. The Hall–Kier alpha value is -5.70. The maximum atomic E-state index is 15.6. The van der Waals surface area contributed by atoms with Crippen LogP contribution < -0.4 is 0 Å². The van der Waals surface area contributed by atoms with E-state index in [9.17, 15) is 39.5 Å². The van der Waals surface area contributed by atoms with E-state index >= 15 is 26.3 Å². The van der Waals surface area contributed by atoms with Gasteiger partial charge in [-0.05, 0) is 68.3 Å². The molecule has 3 N–H and O–H groups in total. The maximum Gasteiger partial charge on any atom is 0.200 e. The highest BCUT2D eigenvalue weighted by Gasteiger charge is 2.34. The van der Waals surface area contributed by atoms with E-state index in [0.29, 0.717) is 0 Å². The van der Waals surface area contributed by atoms with Gasteiger partial charge in [0.2, 0.25) is 17.5 Å². The molecule has 0 atom stereocenters. The first-order valence-electron chi connectivity index (χ1n) is 15.6. The van der Waals surface area contributed by atoms with Crippen molar-refractivity contribution in [1.82, 2.24) is 19.9 Å². The van der Waals surface area contributed by atoms with Crippen LogP contribution in [-0.2, 0) is 0 Å². The predicted molar refractivity (Wildman–Crippen MR) is 186 cm³/mol. The highest BCUT2D eigenvalue weighted by atomic mass is 79.9. The highest BCUT2D eigenvalue weighted by molar-refractivity contribution is 9.13. The monoisotopic (exact) mass is 952 g/mol. The Balaban J connectivity index is 1.69. The largest absolute Gasteiger partial charge is 0.354 e. The molecule has 1 aliphatic rings. The minimum Gasteiger partial charge on any atom is -0.354 e. The van der Waals surface area contributed by atoms with E-state index in [1.807, 2.05) is 0 Å². The van der Waals surface area contributed by atoms with E-state index in [4.69, 9.17) is 0 Å². The van der Waals surface area contributed by atoms with Crippen molar-refractivity contribution in [2.24, 2.45) is 0 Å². The standard InChI is InChI=1S/C37H9Br2F15N4/c38-19-20(39)37-15(18-25(44)31(50)35(54)32(51)26(18)45)11-4-3-9(56-11)13(16-21(40)27(46)33(52)28(47)22(16)41)7-1-2-8(55-7)14(10-5-6-12(57-10)36(19)58-37)17-23(42)29(48)34(53)30(49)24(17)43/h1-6,55,57-58H. The van der Waals surface area contributed by atoms with Crippen molar-refractivity contribution in [3.63, 3.8) is 0 Å². The Morgan fingerprint density at radius 1 is 0.310 bits per heavy atom. The summed E-state index contributed by atoms with van der Waals surface area (Å²) in [4.78, 5) is 11.9. The van der Waals surface area contributed by atoms with Crippen molar-refractivity contribution < 1.29 is 65.9 Å². The first-order chi connectivity index (χ1) is 27.4. The molecule has 7 aromatic rings. The fourth-order valence-electron chi connectivity index (χ4n) is 6.50. The van der Waals surface area contributed by atoms with Crippen molar-refractivity contribution in [3.8, 4) is 33.4 Å². The Morgan fingerprint density at radius 2 is 0.603 bits per heavy atom. The number of nitrogens with zero attached hydrogens (tertiary/aromatic N) is 1. The van der Waals surface area contributed by atoms with Crippen LogP contribution in [0.15, 0.2) is 33.2 Å². The van der Waals surface area contributed by atoms with E-state index < -0.39 is 154 Å². The quantitative estimate of drug-likeness (QED) is 0.0922. The lowest BCUT2D eigenvalue weighted by atomic mass is 10.0. The average Bonchev–Trinajstić information content (AvgIpc) is 4.04. The number of rotatable bonds is 3. The second-order valence-corrected chi connectivity index (χ2v) is 13.8. The summed E-state index contributed by atoms with van der Waals surface area (Å²) in [5, 5.41) is 0. The van der Waals surface area contributed by atoms with Gasteiger partial charge in [0.15, 0.2) is 69.8 Å². The van der Waals surface area contributed by atoms with Crippen molar-refractivity contribution in [3.05, 3.63) is 132 Å². The molecule has 4 aromatic heterocycles. The summed E-state index contributed by atoms with van der Waals surface area (Å²) >= 11 is 6.36. The number of benzene rings is 3. The molecule has 0 fully saturated rings. The minimum absolute atomic E-state index is 0.0789. The summed E-state index contributed by atoms with van der Waals surface area (Å²) in [7, 11) is 0. The number of fused-ring (bicyclic) bond motifs is 9. The van der Waals surface area contributed by atoms with Gasteiger partial charge in [0.05, 0.1) is 53.6 Å². The zero-order valence-electron chi connectivity index (χ0n) is 27.3. The Morgan fingerprint density at radius 3 is 1.03 bits per heavy atom. The Labute approximate surface area is 327 Å². The number of aromatic amines is 3. The highest BCUT2D eigenvalue weighted by Crippen LogP contribution is 2.45. The molecule has 0 saturated heterocycles. The fraction of sp³-hybridized carbons (Fsp3) is 0. The van der Waals surface area contributed by atoms with Gasteiger partial charge in [-0.1, -0.05) is 0 Å². The number of hydrogen-bond donors (Lipinski definition) is 3. The first-order valence-corrected chi connectivity index (χ1v) is 17.2. The van der Waals surface area contributed by atoms with E-state index in [1.165, 1.54) is 0 Å². The molecule has 4 nitrogen and oxygen atoms in total. The van der Waals surface area contributed by atoms with E-state index in [-0.39, 0.29) is 20.0 Å². The summed E-state index contributed by atoms with van der Waals surface area (Å²) in [6.45, 7) is 0. The van der Waals surface area contributed by atoms with Crippen LogP contribution in [0.2, 0.25) is 0 Å². The van der Waals surface area contributed by atoms with Crippen molar-refractivity contribution in [2.75, 3.05) is 0 Å². The van der Waals surface area contributed by atoms with E-state index in [0.717, 1.165) is 36.4 Å². The molecule has 0 amide bonds. The Kier molecular flexibility index (Phi) is 9.25. The van der Waals surface area contributed by atoms with Gasteiger partial charge in [0.25, 0.3) is 0 Å². The topological polar surface area (TPSA) is 60.3 Å². The van der Waals surface area contributed by atoms with Gasteiger partial charge >= 0.3 is 0 Å². The summed E-state index contributed by atoms with van der Waals surface area (Å²) in [6, 6.07) is 3.91. The zero-order valence-corrected chi connectivity index (χ0v) is 30.5. The van der Waals surface area contributed by atoms with E-state index in [2.05, 4.69) is 51.8 Å². The number of hydrogen-bond acceptors (Lipinski definition) is 1. The smallest absolute Gasteiger partial charge is 0.200 e. The maximum absolute atomic E-state index is 15.6. The van der Waals surface area contributed by atoms with Gasteiger partial charge < -0.3 is 15.0 Å². The molecule has 0 unspecified atom stereocenters. The van der Waals surface area contributed by atoms with Crippen LogP contribution in [0.25, 0.3) is 78.6 Å². The summed E-state index contributed by atoms with van der Waals surface area (Å²) < 4.78 is 225. The summed E-state index contributed by atoms with van der Waals surface area (Å²) in [6.07, 6.45) is 1.61. The van der Waals surface area contributed by atoms with Gasteiger partial charge in [-0.2, -0.15) is 0 Å². The summed E-state index contributed by atoms with van der Waals surface area (Å²) in [5.74, 6) is -36.7. The van der Waals surface area contributed by atoms with Crippen LogP contribution in [0.1, 0.15) is 11.4 Å².